The van der Waals surface area contributed by atoms with Crippen molar-refractivity contribution in [2.24, 2.45) is 0 Å². The van der Waals surface area contributed by atoms with Crippen LogP contribution in [0.25, 0.3) is 0 Å². The highest BCUT2D eigenvalue weighted by Crippen LogP contribution is 2.17. The van der Waals surface area contributed by atoms with Crippen LogP contribution in [0.5, 0.6) is 5.75 Å². The summed E-state index contributed by atoms with van der Waals surface area (Å²) < 4.78 is 5.26. The number of hydrogen-bond acceptors (Lipinski definition) is 3. The number of rotatable bonds is 5. The second-order valence-electron chi connectivity index (χ2n) is 2.93. The molecule has 0 bridgehead atoms. The zero-order valence-corrected chi connectivity index (χ0v) is 8.44. The van der Waals surface area contributed by atoms with E-state index in [1.807, 2.05) is 0 Å². The maximum Gasteiger partial charge on any atom is 0.120 e. The summed E-state index contributed by atoms with van der Waals surface area (Å²) >= 11 is 5.74. The predicted molar refractivity (Wildman–Crippen MR) is 54.7 cm³/mol. The van der Waals surface area contributed by atoms with Crippen LogP contribution >= 0.6 is 11.6 Å². The normalized spacial score (nSPS) is 12.5. The topological polar surface area (TPSA) is 49.7 Å². The van der Waals surface area contributed by atoms with Crippen LogP contribution < -0.4 is 4.74 Å². The van der Waals surface area contributed by atoms with Crippen molar-refractivity contribution in [3.63, 3.8) is 0 Å². The summed E-state index contributed by atoms with van der Waals surface area (Å²) in [5, 5.41) is 18.4. The van der Waals surface area contributed by atoms with Gasteiger partial charge in [-0.05, 0) is 24.6 Å². The lowest BCUT2D eigenvalue weighted by atomic mass is 10.3. The Balaban J connectivity index is 2.37. The quantitative estimate of drug-likeness (QED) is 0.784. The van der Waals surface area contributed by atoms with E-state index in [2.05, 4.69) is 0 Å². The van der Waals surface area contributed by atoms with E-state index >= 15 is 0 Å². The van der Waals surface area contributed by atoms with Crippen LogP contribution in [0.15, 0.2) is 24.3 Å². The fourth-order valence-electron chi connectivity index (χ4n) is 0.982. The van der Waals surface area contributed by atoms with Gasteiger partial charge in [0.2, 0.25) is 0 Å². The highest BCUT2D eigenvalue weighted by atomic mass is 35.5. The van der Waals surface area contributed by atoms with Gasteiger partial charge in [-0.1, -0.05) is 17.7 Å². The molecule has 0 amide bonds. The van der Waals surface area contributed by atoms with Gasteiger partial charge in [0.05, 0.1) is 6.10 Å². The molecule has 0 fully saturated rings. The number of aliphatic hydroxyl groups is 2. The first-order valence-corrected chi connectivity index (χ1v) is 4.77. The van der Waals surface area contributed by atoms with Gasteiger partial charge in [-0.25, -0.2) is 0 Å². The molecule has 0 heterocycles. The molecule has 1 atom stereocenters. The van der Waals surface area contributed by atoms with E-state index in [0.29, 0.717) is 17.2 Å². The standard InChI is InChI=1S/C10H13ClO3/c11-8-2-1-3-10(6-8)14-7-9(13)4-5-12/h1-3,6,9,12-13H,4-5,7H2. The SMILES string of the molecule is OCCC(O)COc1cccc(Cl)c1. The molecule has 1 aromatic carbocycles. The van der Waals surface area contributed by atoms with Crippen LogP contribution in [0.3, 0.4) is 0 Å². The van der Waals surface area contributed by atoms with E-state index in [0.717, 1.165) is 0 Å². The van der Waals surface area contributed by atoms with Crippen molar-refractivity contribution >= 4 is 11.6 Å². The fraction of sp³-hybridized carbons (Fsp3) is 0.400. The second kappa shape index (κ2) is 5.86. The average molecular weight is 217 g/mol. The minimum atomic E-state index is -0.640. The molecule has 0 aliphatic heterocycles. The van der Waals surface area contributed by atoms with Crippen molar-refractivity contribution in [3.05, 3.63) is 29.3 Å². The molecule has 0 aromatic heterocycles. The Morgan fingerprint density at radius 1 is 1.43 bits per heavy atom. The summed E-state index contributed by atoms with van der Waals surface area (Å²) in [7, 11) is 0. The van der Waals surface area contributed by atoms with Crippen molar-refractivity contribution in [3.8, 4) is 5.75 Å². The maximum absolute atomic E-state index is 9.26. The van der Waals surface area contributed by atoms with E-state index in [4.69, 9.17) is 21.4 Å². The van der Waals surface area contributed by atoms with Gasteiger partial charge in [-0.2, -0.15) is 0 Å². The first kappa shape index (κ1) is 11.3. The third kappa shape index (κ3) is 3.96. The summed E-state index contributed by atoms with van der Waals surface area (Å²) in [5.41, 5.74) is 0. The van der Waals surface area contributed by atoms with Crippen LogP contribution in [-0.4, -0.2) is 29.5 Å². The van der Waals surface area contributed by atoms with Gasteiger partial charge < -0.3 is 14.9 Å². The minimum Gasteiger partial charge on any atom is -0.491 e. The van der Waals surface area contributed by atoms with E-state index in [-0.39, 0.29) is 13.2 Å². The Hall–Kier alpha value is -0.770. The molecule has 0 saturated heterocycles. The molecule has 0 radical (unpaired) electrons. The van der Waals surface area contributed by atoms with E-state index in [1.165, 1.54) is 0 Å². The van der Waals surface area contributed by atoms with Gasteiger partial charge in [-0.15, -0.1) is 0 Å². The molecule has 14 heavy (non-hydrogen) atoms. The molecule has 0 aliphatic rings. The Bertz CT molecular complexity index is 278. The zero-order chi connectivity index (χ0) is 10.4. The summed E-state index contributed by atoms with van der Waals surface area (Å²) in [5.74, 6) is 0.620. The lowest BCUT2D eigenvalue weighted by molar-refractivity contribution is 0.0822. The maximum atomic E-state index is 9.26. The van der Waals surface area contributed by atoms with Gasteiger partial charge in [-0.3, -0.25) is 0 Å². The van der Waals surface area contributed by atoms with Crippen molar-refractivity contribution in [1.29, 1.82) is 0 Å². The Morgan fingerprint density at radius 2 is 2.21 bits per heavy atom. The van der Waals surface area contributed by atoms with E-state index in [1.54, 1.807) is 24.3 Å². The molecule has 78 valence electrons. The van der Waals surface area contributed by atoms with Gasteiger partial charge in [0.15, 0.2) is 0 Å². The highest BCUT2D eigenvalue weighted by molar-refractivity contribution is 6.30. The molecule has 3 nitrogen and oxygen atoms in total. The second-order valence-corrected chi connectivity index (χ2v) is 3.37. The van der Waals surface area contributed by atoms with Gasteiger partial charge >= 0.3 is 0 Å². The lowest BCUT2D eigenvalue weighted by Crippen LogP contribution is -2.18. The zero-order valence-electron chi connectivity index (χ0n) is 7.69. The molecule has 0 spiro atoms. The molecular formula is C10H13ClO3. The number of ether oxygens (including phenoxy) is 1. The van der Waals surface area contributed by atoms with Crippen molar-refractivity contribution in [2.75, 3.05) is 13.2 Å². The summed E-state index contributed by atoms with van der Waals surface area (Å²) in [6, 6.07) is 6.96. The average Bonchev–Trinajstić information content (AvgIpc) is 2.15. The van der Waals surface area contributed by atoms with Crippen molar-refractivity contribution in [1.82, 2.24) is 0 Å². The highest BCUT2D eigenvalue weighted by Gasteiger charge is 2.04. The van der Waals surface area contributed by atoms with Crippen LogP contribution in [0.2, 0.25) is 5.02 Å². The predicted octanol–water partition coefficient (Wildman–Crippen LogP) is 1.46. The van der Waals surface area contributed by atoms with Crippen LogP contribution in [0, 0.1) is 0 Å². The third-order valence-corrected chi connectivity index (χ3v) is 1.94. The Morgan fingerprint density at radius 3 is 2.86 bits per heavy atom. The van der Waals surface area contributed by atoms with Gasteiger partial charge in [0.1, 0.15) is 12.4 Å². The van der Waals surface area contributed by atoms with Crippen LogP contribution in [0.1, 0.15) is 6.42 Å². The molecule has 0 saturated carbocycles. The molecule has 1 unspecified atom stereocenters. The van der Waals surface area contributed by atoms with Crippen molar-refractivity contribution in [2.45, 2.75) is 12.5 Å². The smallest absolute Gasteiger partial charge is 0.120 e. The number of hydrogen-bond donors (Lipinski definition) is 2. The lowest BCUT2D eigenvalue weighted by Gasteiger charge is -2.10. The molecule has 0 aliphatic carbocycles. The first-order valence-electron chi connectivity index (χ1n) is 4.39. The largest absolute Gasteiger partial charge is 0.491 e. The molecule has 4 heteroatoms. The van der Waals surface area contributed by atoms with Gasteiger partial charge in [0, 0.05) is 11.6 Å². The Kier molecular flexibility index (Phi) is 4.73. The van der Waals surface area contributed by atoms with E-state index < -0.39 is 6.10 Å². The molecule has 1 aromatic rings. The first-order chi connectivity index (χ1) is 6.72. The Labute approximate surface area is 87.9 Å². The minimum absolute atomic E-state index is 0.0416. The number of aliphatic hydroxyl groups excluding tert-OH is 2. The summed E-state index contributed by atoms with van der Waals surface area (Å²) in [6.45, 7) is 0.126. The molecular weight excluding hydrogens is 204 g/mol. The molecule has 2 N–H and O–H groups in total. The summed E-state index contributed by atoms with van der Waals surface area (Å²) in [6.07, 6.45) is -0.320. The van der Waals surface area contributed by atoms with E-state index in [9.17, 15) is 5.11 Å². The molecule has 1 rings (SSSR count). The van der Waals surface area contributed by atoms with Crippen LogP contribution in [-0.2, 0) is 0 Å². The van der Waals surface area contributed by atoms with Crippen LogP contribution in [0.4, 0.5) is 0 Å². The fourth-order valence-corrected chi connectivity index (χ4v) is 1.16. The summed E-state index contributed by atoms with van der Waals surface area (Å²) in [4.78, 5) is 0. The number of benzene rings is 1. The van der Waals surface area contributed by atoms with Crippen molar-refractivity contribution < 1.29 is 14.9 Å². The third-order valence-electron chi connectivity index (χ3n) is 1.70. The number of halogens is 1. The van der Waals surface area contributed by atoms with Gasteiger partial charge in [0.25, 0.3) is 0 Å². The monoisotopic (exact) mass is 216 g/mol.